The van der Waals surface area contributed by atoms with E-state index in [1.165, 1.54) is 0 Å². The molecule has 1 aliphatic heterocycles. The number of rotatable bonds is 3. The Balaban J connectivity index is 1.83. The zero-order valence-corrected chi connectivity index (χ0v) is 11.0. The van der Waals surface area contributed by atoms with Gasteiger partial charge >= 0.3 is 0 Å². The molecule has 104 valence electrons. The second-order valence-corrected chi connectivity index (χ2v) is 4.53. The van der Waals surface area contributed by atoms with E-state index < -0.39 is 5.92 Å². The summed E-state index contributed by atoms with van der Waals surface area (Å²) in [5, 5.41) is 3.92. The average molecular weight is 274 g/mol. The number of carbonyl (C=O) groups excluding carboxylic acids is 1. The highest BCUT2D eigenvalue weighted by molar-refractivity contribution is 5.85. The van der Waals surface area contributed by atoms with E-state index in [4.69, 9.17) is 14.0 Å². The van der Waals surface area contributed by atoms with E-state index >= 15 is 0 Å². The molecule has 2 aromatic rings. The molecule has 6 heteroatoms. The predicted octanol–water partition coefficient (Wildman–Crippen LogP) is 1.82. The lowest BCUT2D eigenvalue weighted by Gasteiger charge is -2.16. The summed E-state index contributed by atoms with van der Waals surface area (Å²) in [5.74, 6) is 1.18. The molecule has 6 nitrogen and oxygen atoms in total. The summed E-state index contributed by atoms with van der Waals surface area (Å²) >= 11 is 0. The van der Waals surface area contributed by atoms with Gasteiger partial charge < -0.3 is 14.0 Å². The van der Waals surface area contributed by atoms with Gasteiger partial charge in [0.2, 0.25) is 11.7 Å². The Kier molecular flexibility index (Phi) is 3.47. The highest BCUT2D eigenvalue weighted by atomic mass is 16.5. The molecule has 1 unspecified atom stereocenters. The van der Waals surface area contributed by atoms with Crippen molar-refractivity contribution >= 4 is 5.78 Å². The van der Waals surface area contributed by atoms with Crippen molar-refractivity contribution in [1.29, 1.82) is 0 Å². The summed E-state index contributed by atoms with van der Waals surface area (Å²) in [6, 6.07) is 7.32. The van der Waals surface area contributed by atoms with E-state index in [2.05, 4.69) is 10.1 Å². The van der Waals surface area contributed by atoms with Crippen molar-refractivity contribution in [3.8, 4) is 17.1 Å². The van der Waals surface area contributed by atoms with Crippen LogP contribution in [0.15, 0.2) is 28.8 Å². The lowest BCUT2D eigenvalue weighted by Crippen LogP contribution is -2.25. The Morgan fingerprint density at radius 3 is 2.80 bits per heavy atom. The van der Waals surface area contributed by atoms with Crippen molar-refractivity contribution in [1.82, 2.24) is 10.1 Å². The third-order valence-electron chi connectivity index (χ3n) is 3.25. The minimum atomic E-state index is -0.441. The van der Waals surface area contributed by atoms with Crippen LogP contribution in [0.25, 0.3) is 11.4 Å². The third kappa shape index (κ3) is 2.42. The molecule has 0 spiro atoms. The van der Waals surface area contributed by atoms with Gasteiger partial charge in [0.15, 0.2) is 0 Å². The van der Waals surface area contributed by atoms with Crippen molar-refractivity contribution < 1.29 is 18.8 Å². The molecule has 1 fully saturated rings. The molecule has 0 N–H and O–H groups in total. The first-order valence-corrected chi connectivity index (χ1v) is 6.36. The summed E-state index contributed by atoms with van der Waals surface area (Å²) in [5.41, 5.74) is 0.810. The van der Waals surface area contributed by atoms with Crippen LogP contribution in [-0.2, 0) is 9.53 Å². The molecule has 2 heterocycles. The van der Waals surface area contributed by atoms with Crippen LogP contribution < -0.4 is 4.74 Å². The van der Waals surface area contributed by atoms with Gasteiger partial charge in [-0.05, 0) is 24.3 Å². The number of aromatic nitrogens is 2. The van der Waals surface area contributed by atoms with Gasteiger partial charge in [-0.25, -0.2) is 0 Å². The van der Waals surface area contributed by atoms with Gasteiger partial charge in [0.1, 0.15) is 17.5 Å². The minimum Gasteiger partial charge on any atom is -0.497 e. The van der Waals surface area contributed by atoms with Crippen LogP contribution in [0.3, 0.4) is 0 Å². The zero-order chi connectivity index (χ0) is 13.9. The highest BCUT2D eigenvalue weighted by Gasteiger charge is 2.29. The Morgan fingerprint density at radius 1 is 1.30 bits per heavy atom. The SMILES string of the molecule is COc1ccc(-c2noc(C3COCCC3=O)n2)cc1. The van der Waals surface area contributed by atoms with Gasteiger partial charge in [0.05, 0.1) is 20.3 Å². The minimum absolute atomic E-state index is 0.0844. The standard InChI is InChI=1S/C14H14N2O4/c1-18-10-4-2-9(3-5-10)13-15-14(20-16-13)11-8-19-7-6-12(11)17/h2-5,11H,6-8H2,1H3. The fraction of sp³-hybridized carbons (Fsp3) is 0.357. The van der Waals surface area contributed by atoms with Gasteiger partial charge in [-0.2, -0.15) is 4.98 Å². The number of nitrogens with zero attached hydrogens (tertiary/aromatic N) is 2. The number of benzene rings is 1. The molecular weight excluding hydrogens is 260 g/mol. The molecule has 1 atom stereocenters. The molecule has 1 aromatic carbocycles. The fourth-order valence-corrected chi connectivity index (χ4v) is 2.08. The number of Topliss-reactive ketones (excluding diaryl/α,β-unsaturated/α-hetero) is 1. The second-order valence-electron chi connectivity index (χ2n) is 4.53. The third-order valence-corrected chi connectivity index (χ3v) is 3.25. The molecule has 0 saturated carbocycles. The zero-order valence-electron chi connectivity index (χ0n) is 11.0. The van der Waals surface area contributed by atoms with Crippen molar-refractivity contribution in [2.75, 3.05) is 20.3 Å². The highest BCUT2D eigenvalue weighted by Crippen LogP contribution is 2.25. The van der Waals surface area contributed by atoms with Crippen LogP contribution in [0.2, 0.25) is 0 Å². The number of ketones is 1. The van der Waals surface area contributed by atoms with Gasteiger partial charge in [0.25, 0.3) is 0 Å². The first kappa shape index (κ1) is 12.8. The Morgan fingerprint density at radius 2 is 2.10 bits per heavy atom. The molecular formula is C14H14N2O4. The number of methoxy groups -OCH3 is 1. The van der Waals surface area contributed by atoms with Crippen LogP contribution in [0.1, 0.15) is 18.2 Å². The number of carbonyl (C=O) groups is 1. The van der Waals surface area contributed by atoms with Crippen molar-refractivity contribution in [2.45, 2.75) is 12.3 Å². The lowest BCUT2D eigenvalue weighted by atomic mass is 10.0. The Labute approximate surface area is 115 Å². The van der Waals surface area contributed by atoms with Gasteiger partial charge in [-0.15, -0.1) is 0 Å². The Bertz CT molecular complexity index is 606. The van der Waals surface area contributed by atoms with E-state index in [1.807, 2.05) is 24.3 Å². The molecule has 1 aromatic heterocycles. The molecule has 0 bridgehead atoms. The summed E-state index contributed by atoms with van der Waals surface area (Å²) < 4.78 is 15.6. The first-order valence-electron chi connectivity index (χ1n) is 6.36. The predicted molar refractivity (Wildman–Crippen MR) is 69.5 cm³/mol. The van der Waals surface area contributed by atoms with Crippen molar-refractivity contribution in [3.63, 3.8) is 0 Å². The molecule has 0 aliphatic carbocycles. The van der Waals surface area contributed by atoms with Gasteiger partial charge in [0, 0.05) is 12.0 Å². The summed E-state index contributed by atoms with van der Waals surface area (Å²) in [6.07, 6.45) is 0.394. The molecule has 1 saturated heterocycles. The topological polar surface area (TPSA) is 74.5 Å². The summed E-state index contributed by atoms with van der Waals surface area (Å²) in [4.78, 5) is 16.1. The summed E-state index contributed by atoms with van der Waals surface area (Å²) in [7, 11) is 1.61. The van der Waals surface area contributed by atoms with E-state index in [1.54, 1.807) is 7.11 Å². The van der Waals surface area contributed by atoms with Crippen LogP contribution in [-0.4, -0.2) is 36.2 Å². The average Bonchev–Trinajstić information content (AvgIpc) is 2.97. The van der Waals surface area contributed by atoms with E-state index in [0.717, 1.165) is 11.3 Å². The molecule has 1 aliphatic rings. The number of ether oxygens (including phenoxy) is 2. The number of hydrogen-bond acceptors (Lipinski definition) is 6. The first-order chi connectivity index (χ1) is 9.78. The van der Waals surface area contributed by atoms with Crippen LogP contribution in [0.5, 0.6) is 5.75 Å². The lowest BCUT2D eigenvalue weighted by molar-refractivity contribution is -0.127. The molecule has 3 rings (SSSR count). The molecule has 0 amide bonds. The van der Waals surface area contributed by atoms with E-state index in [9.17, 15) is 4.79 Å². The fourth-order valence-electron chi connectivity index (χ4n) is 2.08. The van der Waals surface area contributed by atoms with E-state index in [0.29, 0.717) is 31.3 Å². The maximum Gasteiger partial charge on any atom is 0.239 e. The largest absolute Gasteiger partial charge is 0.497 e. The summed E-state index contributed by atoms with van der Waals surface area (Å²) in [6.45, 7) is 0.776. The maximum absolute atomic E-state index is 11.8. The normalized spacial score (nSPS) is 19.1. The monoisotopic (exact) mass is 274 g/mol. The van der Waals surface area contributed by atoms with Crippen molar-refractivity contribution in [3.05, 3.63) is 30.2 Å². The van der Waals surface area contributed by atoms with Gasteiger partial charge in [-0.3, -0.25) is 4.79 Å². The van der Waals surface area contributed by atoms with E-state index in [-0.39, 0.29) is 5.78 Å². The molecule has 0 radical (unpaired) electrons. The van der Waals surface area contributed by atoms with Crippen LogP contribution in [0, 0.1) is 0 Å². The van der Waals surface area contributed by atoms with Crippen LogP contribution >= 0.6 is 0 Å². The smallest absolute Gasteiger partial charge is 0.239 e. The Hall–Kier alpha value is -2.21. The molecule has 20 heavy (non-hydrogen) atoms. The maximum atomic E-state index is 11.8. The quantitative estimate of drug-likeness (QED) is 0.849. The van der Waals surface area contributed by atoms with Crippen LogP contribution in [0.4, 0.5) is 0 Å². The van der Waals surface area contributed by atoms with Crippen molar-refractivity contribution in [2.24, 2.45) is 0 Å². The second kappa shape index (κ2) is 5.42. The number of hydrogen-bond donors (Lipinski definition) is 0. The van der Waals surface area contributed by atoms with Gasteiger partial charge in [-0.1, -0.05) is 5.16 Å².